The predicted molar refractivity (Wildman–Crippen MR) is 82.7 cm³/mol. The van der Waals surface area contributed by atoms with Crippen LogP contribution in [-0.2, 0) is 6.42 Å². The fraction of sp³-hybridized carbons (Fsp3) is 0.333. The normalized spacial score (nSPS) is 10.6. The Bertz CT molecular complexity index is 656. The van der Waals surface area contributed by atoms with Gasteiger partial charge in [-0.15, -0.1) is 0 Å². The molecule has 106 valence electrons. The number of aromatic nitrogens is 2. The molecule has 0 atom stereocenters. The third-order valence-corrected chi connectivity index (χ3v) is 3.70. The van der Waals surface area contributed by atoms with Crippen LogP contribution in [0.2, 0.25) is 5.02 Å². The van der Waals surface area contributed by atoms with E-state index >= 15 is 0 Å². The number of aromatic amines is 1. The predicted octanol–water partition coefficient (Wildman–Crippen LogP) is 3.00. The van der Waals surface area contributed by atoms with Crippen molar-refractivity contribution in [2.45, 2.75) is 27.2 Å². The highest BCUT2D eigenvalue weighted by molar-refractivity contribution is 6.32. The Hall–Kier alpha value is -1.81. The molecule has 0 saturated carbocycles. The Morgan fingerprint density at radius 1 is 1.25 bits per heavy atom. The number of aryl methyl sites for hydroxylation is 3. The Labute approximate surface area is 123 Å². The lowest BCUT2D eigenvalue weighted by atomic mass is 9.97. The molecule has 1 aromatic carbocycles. The monoisotopic (exact) mass is 291 g/mol. The lowest BCUT2D eigenvalue weighted by Gasteiger charge is -2.12. The minimum Gasteiger partial charge on any atom is -0.382 e. The molecule has 0 bridgehead atoms. The second-order valence-electron chi connectivity index (χ2n) is 4.98. The molecule has 1 heterocycles. The van der Waals surface area contributed by atoms with Gasteiger partial charge in [0.25, 0.3) is 5.56 Å². The van der Waals surface area contributed by atoms with Crippen molar-refractivity contribution >= 4 is 17.3 Å². The maximum Gasteiger partial charge on any atom is 0.285 e. The summed E-state index contributed by atoms with van der Waals surface area (Å²) in [5.41, 5.74) is 5.38. The number of halogens is 1. The second-order valence-corrected chi connectivity index (χ2v) is 5.36. The molecule has 2 rings (SSSR count). The van der Waals surface area contributed by atoms with Gasteiger partial charge >= 0.3 is 0 Å². The summed E-state index contributed by atoms with van der Waals surface area (Å²) in [5, 5.41) is 9.34. The zero-order valence-corrected chi connectivity index (χ0v) is 12.6. The van der Waals surface area contributed by atoms with E-state index in [9.17, 15) is 4.79 Å². The third-order valence-electron chi connectivity index (χ3n) is 3.33. The fourth-order valence-corrected chi connectivity index (χ4v) is 2.59. The van der Waals surface area contributed by atoms with Crippen molar-refractivity contribution < 1.29 is 0 Å². The second kappa shape index (κ2) is 6.09. The van der Waals surface area contributed by atoms with E-state index in [1.165, 1.54) is 28.5 Å². The molecule has 0 aliphatic heterocycles. The maximum absolute atomic E-state index is 11.3. The van der Waals surface area contributed by atoms with Gasteiger partial charge in [-0.25, -0.2) is 5.10 Å². The van der Waals surface area contributed by atoms with Gasteiger partial charge < -0.3 is 5.32 Å². The van der Waals surface area contributed by atoms with Crippen LogP contribution in [-0.4, -0.2) is 16.7 Å². The van der Waals surface area contributed by atoms with Crippen molar-refractivity contribution in [3.05, 3.63) is 56.0 Å². The van der Waals surface area contributed by atoms with Crippen LogP contribution in [0.3, 0.4) is 0 Å². The molecule has 0 unspecified atom stereocenters. The average molecular weight is 292 g/mol. The average Bonchev–Trinajstić information content (AvgIpc) is 2.37. The molecule has 1 aromatic heterocycles. The van der Waals surface area contributed by atoms with Gasteiger partial charge in [0.05, 0.1) is 11.9 Å². The van der Waals surface area contributed by atoms with Gasteiger partial charge in [0.15, 0.2) is 0 Å². The summed E-state index contributed by atoms with van der Waals surface area (Å²) in [6.07, 6.45) is 2.40. The molecule has 5 heteroatoms. The first-order valence-electron chi connectivity index (χ1n) is 6.53. The van der Waals surface area contributed by atoms with Crippen LogP contribution in [0.4, 0.5) is 5.69 Å². The van der Waals surface area contributed by atoms with E-state index in [1.54, 1.807) is 0 Å². The quantitative estimate of drug-likeness (QED) is 0.910. The molecule has 4 nitrogen and oxygen atoms in total. The van der Waals surface area contributed by atoms with Crippen molar-refractivity contribution in [2.24, 2.45) is 0 Å². The lowest BCUT2D eigenvalue weighted by Crippen LogP contribution is -2.14. The molecule has 2 N–H and O–H groups in total. The minimum absolute atomic E-state index is 0.150. The van der Waals surface area contributed by atoms with E-state index in [-0.39, 0.29) is 10.6 Å². The summed E-state index contributed by atoms with van der Waals surface area (Å²) in [4.78, 5) is 11.3. The van der Waals surface area contributed by atoms with Crippen LogP contribution in [0.15, 0.2) is 23.1 Å². The Morgan fingerprint density at radius 3 is 2.55 bits per heavy atom. The number of hydrogen-bond acceptors (Lipinski definition) is 3. The molecule has 2 aromatic rings. The summed E-state index contributed by atoms with van der Waals surface area (Å²) < 4.78 is 0. The summed E-state index contributed by atoms with van der Waals surface area (Å²) in [6, 6.07) is 4.37. The maximum atomic E-state index is 11.3. The van der Waals surface area contributed by atoms with E-state index in [1.807, 2.05) is 0 Å². The zero-order chi connectivity index (χ0) is 14.7. The number of anilines is 1. The third kappa shape index (κ3) is 3.20. The Morgan fingerprint density at radius 2 is 1.90 bits per heavy atom. The van der Waals surface area contributed by atoms with Crippen LogP contribution in [0.25, 0.3) is 0 Å². The van der Waals surface area contributed by atoms with Gasteiger partial charge in [-0.3, -0.25) is 4.79 Å². The molecule has 0 spiro atoms. The molecule has 20 heavy (non-hydrogen) atoms. The highest BCUT2D eigenvalue weighted by Crippen LogP contribution is 2.18. The largest absolute Gasteiger partial charge is 0.382 e. The molecular weight excluding hydrogens is 274 g/mol. The first-order valence-corrected chi connectivity index (χ1v) is 6.90. The van der Waals surface area contributed by atoms with E-state index in [0.717, 1.165) is 6.42 Å². The standard InChI is InChI=1S/C15H18ClN3O/c1-9-6-10(2)12(11(3)7-9)4-5-17-13-8-18-19-15(20)14(13)16/h6-8H,4-5H2,1-3H3,(H2,17,19,20). The van der Waals surface area contributed by atoms with Crippen LogP contribution >= 0.6 is 11.6 Å². The summed E-state index contributed by atoms with van der Waals surface area (Å²) in [6.45, 7) is 7.05. The number of rotatable bonds is 4. The van der Waals surface area contributed by atoms with Gasteiger partial charge in [-0.2, -0.15) is 5.10 Å². The van der Waals surface area contributed by atoms with Crippen LogP contribution in [0, 0.1) is 20.8 Å². The summed E-state index contributed by atoms with van der Waals surface area (Å²) in [5.74, 6) is 0. The molecule has 0 radical (unpaired) electrons. The van der Waals surface area contributed by atoms with E-state index < -0.39 is 0 Å². The van der Waals surface area contributed by atoms with E-state index in [0.29, 0.717) is 12.2 Å². The SMILES string of the molecule is Cc1cc(C)c(CCNc2cn[nH]c(=O)c2Cl)c(C)c1. The molecule has 0 saturated heterocycles. The van der Waals surface area contributed by atoms with Gasteiger partial charge in [0, 0.05) is 6.54 Å². The van der Waals surface area contributed by atoms with E-state index in [4.69, 9.17) is 11.6 Å². The number of nitrogens with one attached hydrogen (secondary N) is 2. The topological polar surface area (TPSA) is 57.8 Å². The Balaban J connectivity index is 2.07. The first-order chi connectivity index (χ1) is 9.49. The summed E-state index contributed by atoms with van der Waals surface area (Å²) in [7, 11) is 0. The lowest BCUT2D eigenvalue weighted by molar-refractivity contribution is 0.958. The van der Waals surface area contributed by atoms with E-state index in [2.05, 4.69) is 48.4 Å². The molecule has 0 amide bonds. The minimum atomic E-state index is -0.376. The van der Waals surface area contributed by atoms with Crippen LogP contribution in [0.5, 0.6) is 0 Å². The van der Waals surface area contributed by atoms with Crippen LogP contribution in [0.1, 0.15) is 22.3 Å². The van der Waals surface area contributed by atoms with Crippen molar-refractivity contribution in [1.82, 2.24) is 10.2 Å². The molecule has 0 aliphatic rings. The van der Waals surface area contributed by atoms with Gasteiger partial charge in [-0.1, -0.05) is 29.3 Å². The van der Waals surface area contributed by atoms with Crippen molar-refractivity contribution in [1.29, 1.82) is 0 Å². The highest BCUT2D eigenvalue weighted by Gasteiger charge is 2.06. The molecule has 0 fully saturated rings. The zero-order valence-electron chi connectivity index (χ0n) is 11.9. The molecular formula is C15H18ClN3O. The van der Waals surface area contributed by atoms with Crippen molar-refractivity contribution in [3.63, 3.8) is 0 Å². The van der Waals surface area contributed by atoms with Crippen molar-refractivity contribution in [2.75, 3.05) is 11.9 Å². The molecule has 0 aliphatic carbocycles. The van der Waals surface area contributed by atoms with Gasteiger partial charge in [0.1, 0.15) is 5.02 Å². The number of H-pyrrole nitrogens is 1. The van der Waals surface area contributed by atoms with Crippen molar-refractivity contribution in [3.8, 4) is 0 Å². The number of benzene rings is 1. The highest BCUT2D eigenvalue weighted by atomic mass is 35.5. The van der Waals surface area contributed by atoms with Crippen LogP contribution < -0.4 is 10.9 Å². The number of nitrogens with zero attached hydrogens (tertiary/aromatic N) is 1. The summed E-state index contributed by atoms with van der Waals surface area (Å²) >= 11 is 5.91. The fourth-order valence-electron chi connectivity index (χ4n) is 2.43. The van der Waals surface area contributed by atoms with Gasteiger partial charge in [0.2, 0.25) is 0 Å². The smallest absolute Gasteiger partial charge is 0.285 e. The number of hydrogen-bond donors (Lipinski definition) is 2. The Kier molecular flexibility index (Phi) is 4.45. The first kappa shape index (κ1) is 14.6. The van der Waals surface area contributed by atoms with Gasteiger partial charge in [-0.05, 0) is 43.9 Å².